The van der Waals surface area contributed by atoms with Crippen molar-refractivity contribution >= 4 is 15.9 Å². The Morgan fingerprint density at radius 2 is 1.94 bits per heavy atom. The molecule has 0 radical (unpaired) electrons. The lowest BCUT2D eigenvalue weighted by Crippen LogP contribution is -2.44. The average Bonchev–Trinajstić information content (AvgIpc) is 2.27. The van der Waals surface area contributed by atoms with Crippen LogP contribution in [0.15, 0.2) is 22.7 Å². The molecule has 0 amide bonds. The van der Waals surface area contributed by atoms with E-state index in [0.29, 0.717) is 6.54 Å². The summed E-state index contributed by atoms with van der Waals surface area (Å²) in [6.07, 6.45) is 0. The van der Waals surface area contributed by atoms with Crippen LogP contribution in [-0.4, -0.2) is 43.0 Å². The van der Waals surface area contributed by atoms with Crippen molar-refractivity contribution in [1.82, 2.24) is 9.80 Å². The third kappa shape index (κ3) is 3.03. The molecule has 1 aliphatic heterocycles. The van der Waals surface area contributed by atoms with Crippen LogP contribution in [0.25, 0.3) is 0 Å². The fourth-order valence-corrected chi connectivity index (χ4v) is 2.32. The minimum absolute atomic E-state index is 0.109. The smallest absolute Gasteiger partial charge is 0.127 e. The number of halogens is 2. The minimum Gasteiger partial charge on any atom is -0.304 e. The van der Waals surface area contributed by atoms with E-state index in [9.17, 15) is 4.39 Å². The first-order valence-electron chi connectivity index (χ1n) is 5.50. The van der Waals surface area contributed by atoms with Crippen molar-refractivity contribution in [2.75, 3.05) is 33.2 Å². The summed E-state index contributed by atoms with van der Waals surface area (Å²) in [5, 5.41) is 0. The van der Waals surface area contributed by atoms with Gasteiger partial charge >= 0.3 is 0 Å². The quantitative estimate of drug-likeness (QED) is 0.824. The van der Waals surface area contributed by atoms with E-state index in [1.54, 1.807) is 6.07 Å². The summed E-state index contributed by atoms with van der Waals surface area (Å²) in [5.41, 5.74) is 0.777. The van der Waals surface area contributed by atoms with Crippen LogP contribution >= 0.6 is 15.9 Å². The molecule has 0 unspecified atom stereocenters. The van der Waals surface area contributed by atoms with Gasteiger partial charge in [0, 0.05) is 42.8 Å². The lowest BCUT2D eigenvalue weighted by atomic mass is 10.2. The molecule has 88 valence electrons. The Balaban J connectivity index is 2.00. The summed E-state index contributed by atoms with van der Waals surface area (Å²) in [6, 6.07) is 5.13. The lowest BCUT2D eigenvalue weighted by molar-refractivity contribution is 0.147. The van der Waals surface area contributed by atoms with Gasteiger partial charge in [-0.05, 0) is 25.2 Å². The first-order chi connectivity index (χ1) is 7.65. The number of hydrogen-bond donors (Lipinski definition) is 0. The summed E-state index contributed by atoms with van der Waals surface area (Å²) in [6.45, 7) is 4.87. The lowest BCUT2D eigenvalue weighted by Gasteiger charge is -2.32. The van der Waals surface area contributed by atoms with E-state index in [2.05, 4.69) is 32.8 Å². The number of likely N-dealkylation sites (N-methyl/N-ethyl adjacent to an activating group) is 1. The van der Waals surface area contributed by atoms with Gasteiger partial charge in [-0.1, -0.05) is 15.9 Å². The van der Waals surface area contributed by atoms with Gasteiger partial charge < -0.3 is 4.90 Å². The molecule has 16 heavy (non-hydrogen) atoms. The van der Waals surface area contributed by atoms with Crippen molar-refractivity contribution in [3.8, 4) is 0 Å². The van der Waals surface area contributed by atoms with Crippen molar-refractivity contribution in [3.63, 3.8) is 0 Å². The highest BCUT2D eigenvalue weighted by Crippen LogP contribution is 2.17. The Morgan fingerprint density at radius 1 is 1.25 bits per heavy atom. The number of hydrogen-bond acceptors (Lipinski definition) is 2. The normalized spacial score (nSPS) is 18.9. The van der Waals surface area contributed by atoms with Crippen molar-refractivity contribution < 1.29 is 4.39 Å². The Bertz CT molecular complexity index is 362. The zero-order chi connectivity index (χ0) is 11.5. The van der Waals surface area contributed by atoms with Gasteiger partial charge in [-0.15, -0.1) is 0 Å². The molecule has 1 saturated heterocycles. The molecule has 2 nitrogen and oxygen atoms in total. The van der Waals surface area contributed by atoms with Crippen molar-refractivity contribution in [1.29, 1.82) is 0 Å². The third-order valence-electron chi connectivity index (χ3n) is 3.00. The standard InChI is InChI=1S/C12H16BrFN2/c1-15-4-6-16(7-5-15)9-10-8-11(13)2-3-12(10)14/h2-3,8H,4-7,9H2,1H3. The van der Waals surface area contributed by atoms with Crippen LogP contribution in [0.5, 0.6) is 0 Å². The predicted octanol–water partition coefficient (Wildman–Crippen LogP) is 2.34. The zero-order valence-corrected chi connectivity index (χ0v) is 11.0. The zero-order valence-electron chi connectivity index (χ0n) is 9.42. The van der Waals surface area contributed by atoms with Gasteiger partial charge in [0.2, 0.25) is 0 Å². The van der Waals surface area contributed by atoms with Gasteiger partial charge in [0.1, 0.15) is 5.82 Å². The van der Waals surface area contributed by atoms with Gasteiger partial charge in [0.25, 0.3) is 0 Å². The number of piperazine rings is 1. The maximum Gasteiger partial charge on any atom is 0.127 e. The molecule has 2 rings (SSSR count). The Morgan fingerprint density at radius 3 is 2.62 bits per heavy atom. The van der Waals surface area contributed by atoms with E-state index in [0.717, 1.165) is 36.2 Å². The first kappa shape index (κ1) is 12.0. The van der Waals surface area contributed by atoms with Crippen LogP contribution in [0.3, 0.4) is 0 Å². The molecule has 1 fully saturated rings. The number of nitrogens with zero attached hydrogens (tertiary/aromatic N) is 2. The Kier molecular flexibility index (Phi) is 3.95. The summed E-state index contributed by atoms with van der Waals surface area (Å²) in [4.78, 5) is 4.60. The van der Waals surface area contributed by atoms with Gasteiger partial charge in [-0.2, -0.15) is 0 Å². The molecular weight excluding hydrogens is 271 g/mol. The molecule has 0 aliphatic carbocycles. The topological polar surface area (TPSA) is 6.48 Å². The molecule has 1 aromatic carbocycles. The maximum atomic E-state index is 13.5. The first-order valence-corrected chi connectivity index (χ1v) is 6.29. The minimum atomic E-state index is -0.109. The molecule has 1 aliphatic rings. The van der Waals surface area contributed by atoms with Crippen LogP contribution in [0.1, 0.15) is 5.56 Å². The summed E-state index contributed by atoms with van der Waals surface area (Å²) < 4.78 is 14.5. The molecule has 1 heterocycles. The molecule has 1 aromatic rings. The molecule has 0 N–H and O–H groups in total. The van der Waals surface area contributed by atoms with E-state index < -0.39 is 0 Å². The molecule has 0 atom stereocenters. The van der Waals surface area contributed by atoms with Gasteiger partial charge in [-0.25, -0.2) is 4.39 Å². The molecular formula is C12H16BrFN2. The highest BCUT2D eigenvalue weighted by atomic mass is 79.9. The summed E-state index contributed by atoms with van der Waals surface area (Å²) in [7, 11) is 2.12. The van der Waals surface area contributed by atoms with E-state index in [1.807, 2.05) is 6.07 Å². The molecule has 0 bridgehead atoms. The predicted molar refractivity (Wildman–Crippen MR) is 66.9 cm³/mol. The van der Waals surface area contributed by atoms with Crippen LogP contribution in [0.2, 0.25) is 0 Å². The van der Waals surface area contributed by atoms with E-state index in [1.165, 1.54) is 6.07 Å². The summed E-state index contributed by atoms with van der Waals surface area (Å²) >= 11 is 3.38. The second-order valence-electron chi connectivity index (χ2n) is 4.32. The molecule has 0 spiro atoms. The highest BCUT2D eigenvalue weighted by molar-refractivity contribution is 9.10. The molecule has 4 heteroatoms. The second kappa shape index (κ2) is 5.25. The van der Waals surface area contributed by atoms with Crippen LogP contribution in [0.4, 0.5) is 4.39 Å². The largest absolute Gasteiger partial charge is 0.304 e. The van der Waals surface area contributed by atoms with E-state index in [-0.39, 0.29) is 5.82 Å². The molecule has 0 aromatic heterocycles. The number of benzene rings is 1. The van der Waals surface area contributed by atoms with Gasteiger partial charge in [-0.3, -0.25) is 4.90 Å². The second-order valence-corrected chi connectivity index (χ2v) is 5.23. The van der Waals surface area contributed by atoms with E-state index in [4.69, 9.17) is 0 Å². The maximum absolute atomic E-state index is 13.5. The van der Waals surface area contributed by atoms with Crippen molar-refractivity contribution in [3.05, 3.63) is 34.1 Å². The third-order valence-corrected chi connectivity index (χ3v) is 3.49. The Labute approximate surface area is 104 Å². The fourth-order valence-electron chi connectivity index (χ4n) is 1.91. The molecule has 0 saturated carbocycles. The van der Waals surface area contributed by atoms with Gasteiger partial charge in [0.05, 0.1) is 0 Å². The summed E-state index contributed by atoms with van der Waals surface area (Å²) in [5.74, 6) is -0.109. The van der Waals surface area contributed by atoms with Crippen LogP contribution < -0.4 is 0 Å². The Hall–Kier alpha value is -0.450. The average molecular weight is 287 g/mol. The highest BCUT2D eigenvalue weighted by Gasteiger charge is 2.15. The van der Waals surface area contributed by atoms with Crippen molar-refractivity contribution in [2.45, 2.75) is 6.54 Å². The van der Waals surface area contributed by atoms with Crippen molar-refractivity contribution in [2.24, 2.45) is 0 Å². The van der Waals surface area contributed by atoms with Crippen LogP contribution in [-0.2, 0) is 6.54 Å². The van der Waals surface area contributed by atoms with Gasteiger partial charge in [0.15, 0.2) is 0 Å². The van der Waals surface area contributed by atoms with Crippen LogP contribution in [0, 0.1) is 5.82 Å². The SMILES string of the molecule is CN1CCN(Cc2cc(Br)ccc2F)CC1. The van der Waals surface area contributed by atoms with E-state index >= 15 is 0 Å². The number of rotatable bonds is 2. The fraction of sp³-hybridized carbons (Fsp3) is 0.500. The monoisotopic (exact) mass is 286 g/mol.